The molecule has 1 saturated heterocycles. The largest absolute Gasteiger partial charge is 0.372 e. The molecule has 162 valence electrons. The zero-order valence-electron chi connectivity index (χ0n) is 18.6. The Kier molecular flexibility index (Phi) is 7.69. The number of halogens is 1. The second-order valence-corrected chi connectivity index (χ2v) is 8.24. The van der Waals surface area contributed by atoms with E-state index in [0.29, 0.717) is 18.7 Å². The summed E-state index contributed by atoms with van der Waals surface area (Å²) < 4.78 is 14.0. The van der Waals surface area contributed by atoms with Gasteiger partial charge in [-0.25, -0.2) is 4.39 Å². The predicted octanol–water partition coefficient (Wildman–Crippen LogP) is 3.91. The minimum absolute atomic E-state index is 0.122. The summed E-state index contributed by atoms with van der Waals surface area (Å²) >= 11 is 0. The summed E-state index contributed by atoms with van der Waals surface area (Å²) in [5.74, 6) is 0.564. The predicted molar refractivity (Wildman–Crippen MR) is 123 cm³/mol. The van der Waals surface area contributed by atoms with E-state index in [1.165, 1.54) is 24.1 Å². The van der Waals surface area contributed by atoms with Crippen molar-refractivity contribution < 1.29 is 4.39 Å². The van der Waals surface area contributed by atoms with Crippen molar-refractivity contribution >= 4 is 11.6 Å². The van der Waals surface area contributed by atoms with Gasteiger partial charge in [-0.1, -0.05) is 18.2 Å². The summed E-state index contributed by atoms with van der Waals surface area (Å²) in [5.41, 5.74) is 4.26. The minimum Gasteiger partial charge on any atom is -0.372 e. The van der Waals surface area contributed by atoms with Gasteiger partial charge >= 0.3 is 0 Å². The van der Waals surface area contributed by atoms with E-state index in [-0.39, 0.29) is 11.9 Å². The maximum absolute atomic E-state index is 14.0. The van der Waals surface area contributed by atoms with E-state index in [2.05, 4.69) is 51.7 Å². The van der Waals surface area contributed by atoms with E-state index in [4.69, 9.17) is 0 Å². The Morgan fingerprint density at radius 1 is 1.17 bits per heavy atom. The van der Waals surface area contributed by atoms with Gasteiger partial charge in [-0.05, 0) is 69.3 Å². The number of aliphatic imine (C=N–C) groups is 1. The third-order valence-corrected chi connectivity index (χ3v) is 5.47. The van der Waals surface area contributed by atoms with E-state index in [0.717, 1.165) is 24.6 Å². The van der Waals surface area contributed by atoms with Gasteiger partial charge in [-0.2, -0.15) is 0 Å². The summed E-state index contributed by atoms with van der Waals surface area (Å²) in [6.45, 7) is 5.59. The molecule has 3 rings (SSSR count). The number of benzene rings is 2. The van der Waals surface area contributed by atoms with Crippen molar-refractivity contribution in [1.29, 1.82) is 0 Å². The third kappa shape index (κ3) is 5.95. The van der Waals surface area contributed by atoms with Crippen LogP contribution in [0.3, 0.4) is 0 Å². The van der Waals surface area contributed by atoms with Crippen LogP contribution >= 0.6 is 0 Å². The molecule has 0 spiro atoms. The van der Waals surface area contributed by atoms with Crippen LogP contribution in [0.5, 0.6) is 0 Å². The number of nitrogens with one attached hydrogen (secondary N) is 2. The Morgan fingerprint density at radius 2 is 1.93 bits per heavy atom. The molecule has 0 aliphatic carbocycles. The number of anilines is 1. The van der Waals surface area contributed by atoms with Crippen molar-refractivity contribution in [3.63, 3.8) is 0 Å². The molecule has 1 aliphatic rings. The molecule has 5 nitrogen and oxygen atoms in total. The quantitative estimate of drug-likeness (QED) is 0.535. The lowest BCUT2D eigenvalue weighted by atomic mass is 10.1. The molecule has 0 aromatic heterocycles. The van der Waals surface area contributed by atoms with E-state index in [1.54, 1.807) is 13.1 Å². The number of hydrogen-bond acceptors (Lipinski definition) is 3. The van der Waals surface area contributed by atoms with Crippen LogP contribution in [0.15, 0.2) is 47.5 Å². The monoisotopic (exact) mass is 411 g/mol. The smallest absolute Gasteiger partial charge is 0.191 e. The zero-order chi connectivity index (χ0) is 21.5. The second-order valence-electron chi connectivity index (χ2n) is 8.24. The van der Waals surface area contributed by atoms with Crippen molar-refractivity contribution in [2.45, 2.75) is 38.9 Å². The molecular formula is C24H34FN5. The fraction of sp³-hybridized carbons (Fsp3) is 0.458. The first-order chi connectivity index (χ1) is 14.5. The molecule has 1 aliphatic heterocycles. The van der Waals surface area contributed by atoms with E-state index in [9.17, 15) is 4.39 Å². The molecule has 1 fully saturated rings. The van der Waals surface area contributed by atoms with Gasteiger partial charge in [0.05, 0.1) is 6.04 Å². The molecule has 2 N–H and O–H groups in total. The summed E-state index contributed by atoms with van der Waals surface area (Å²) in [7, 11) is 5.65. The number of nitrogens with zero attached hydrogens (tertiary/aromatic N) is 3. The highest BCUT2D eigenvalue weighted by Gasteiger charge is 2.14. The maximum Gasteiger partial charge on any atom is 0.191 e. The molecule has 0 saturated carbocycles. The van der Waals surface area contributed by atoms with Crippen LogP contribution < -0.4 is 15.5 Å². The Bertz CT molecular complexity index is 858. The Balaban J connectivity index is 1.60. The molecule has 1 unspecified atom stereocenters. The Morgan fingerprint density at radius 3 is 2.63 bits per heavy atom. The Labute approximate surface area is 180 Å². The van der Waals surface area contributed by atoms with Crippen LogP contribution in [0, 0.1) is 5.82 Å². The van der Waals surface area contributed by atoms with Gasteiger partial charge in [-0.15, -0.1) is 0 Å². The normalized spacial score (nSPS) is 15.5. The molecule has 1 atom stereocenters. The lowest BCUT2D eigenvalue weighted by Gasteiger charge is -2.22. The van der Waals surface area contributed by atoms with Gasteiger partial charge in [-0.3, -0.25) is 4.99 Å². The Hall–Kier alpha value is -2.60. The van der Waals surface area contributed by atoms with Crippen molar-refractivity contribution in [1.82, 2.24) is 15.5 Å². The lowest BCUT2D eigenvalue weighted by Crippen LogP contribution is -2.38. The lowest BCUT2D eigenvalue weighted by molar-refractivity contribution is 0.392. The first kappa shape index (κ1) is 22.1. The first-order valence-corrected chi connectivity index (χ1v) is 10.7. The third-order valence-electron chi connectivity index (χ3n) is 5.47. The molecule has 0 amide bonds. The topological polar surface area (TPSA) is 42.9 Å². The molecular weight excluding hydrogens is 377 g/mol. The molecule has 2 aromatic rings. The van der Waals surface area contributed by atoms with Crippen molar-refractivity contribution in [2.24, 2.45) is 4.99 Å². The van der Waals surface area contributed by atoms with Crippen LogP contribution in [-0.4, -0.2) is 45.1 Å². The highest BCUT2D eigenvalue weighted by Crippen LogP contribution is 2.24. The molecule has 1 heterocycles. The highest BCUT2D eigenvalue weighted by molar-refractivity contribution is 5.80. The van der Waals surface area contributed by atoms with Gasteiger partial charge in [0.1, 0.15) is 5.82 Å². The van der Waals surface area contributed by atoms with Gasteiger partial charge in [0.2, 0.25) is 0 Å². The van der Waals surface area contributed by atoms with E-state index < -0.39 is 0 Å². The molecule has 2 aromatic carbocycles. The van der Waals surface area contributed by atoms with Crippen molar-refractivity contribution in [3.8, 4) is 0 Å². The average molecular weight is 412 g/mol. The molecule has 30 heavy (non-hydrogen) atoms. The summed E-state index contributed by atoms with van der Waals surface area (Å²) in [5, 5.41) is 6.82. The molecule has 0 radical (unpaired) electrons. The van der Waals surface area contributed by atoms with Gasteiger partial charge < -0.3 is 20.4 Å². The zero-order valence-corrected chi connectivity index (χ0v) is 18.6. The van der Waals surface area contributed by atoms with E-state index >= 15 is 0 Å². The molecule has 6 heteroatoms. The second kappa shape index (κ2) is 10.4. The average Bonchev–Trinajstić information content (AvgIpc) is 3.28. The summed E-state index contributed by atoms with van der Waals surface area (Å²) in [6.07, 6.45) is 2.54. The standard InChI is InChI=1S/C24H34FN5/c1-18(20-8-7-9-22(15-20)30-12-5-6-13-30)28-24(26-2)27-16-19-10-11-23(25)21(14-19)17-29(3)4/h7-11,14-15,18H,5-6,12-13,16-17H2,1-4H3,(H2,26,27,28). The van der Waals surface area contributed by atoms with Crippen molar-refractivity contribution in [3.05, 3.63) is 65.0 Å². The number of rotatable bonds is 7. The highest BCUT2D eigenvalue weighted by atomic mass is 19.1. The molecule has 0 bridgehead atoms. The SMILES string of the molecule is CN=C(NCc1ccc(F)c(CN(C)C)c1)NC(C)c1cccc(N2CCCC2)c1. The minimum atomic E-state index is -0.165. The maximum atomic E-state index is 14.0. The summed E-state index contributed by atoms with van der Waals surface area (Å²) in [6, 6.07) is 14.1. The van der Waals surface area contributed by atoms with Crippen LogP contribution in [0.2, 0.25) is 0 Å². The van der Waals surface area contributed by atoms with Crippen LogP contribution in [-0.2, 0) is 13.1 Å². The fourth-order valence-electron chi connectivity index (χ4n) is 3.83. The first-order valence-electron chi connectivity index (χ1n) is 10.7. The number of guanidine groups is 1. The van der Waals surface area contributed by atoms with Crippen LogP contribution in [0.25, 0.3) is 0 Å². The number of hydrogen-bond donors (Lipinski definition) is 2. The summed E-state index contributed by atoms with van der Waals surface area (Å²) in [4.78, 5) is 8.77. The van der Waals surface area contributed by atoms with Gasteiger partial charge in [0, 0.05) is 44.5 Å². The van der Waals surface area contributed by atoms with Crippen LogP contribution in [0.4, 0.5) is 10.1 Å². The fourth-order valence-corrected chi connectivity index (χ4v) is 3.83. The van der Waals surface area contributed by atoms with Crippen molar-refractivity contribution in [2.75, 3.05) is 39.1 Å². The van der Waals surface area contributed by atoms with Gasteiger partial charge in [0.25, 0.3) is 0 Å². The van der Waals surface area contributed by atoms with Crippen LogP contribution in [0.1, 0.15) is 42.5 Å². The van der Waals surface area contributed by atoms with Gasteiger partial charge in [0.15, 0.2) is 5.96 Å². The van der Waals surface area contributed by atoms with E-state index in [1.807, 2.05) is 31.1 Å².